The first kappa shape index (κ1) is 13.0. The van der Waals surface area contributed by atoms with Crippen molar-refractivity contribution >= 4 is 26.0 Å². The van der Waals surface area contributed by atoms with Crippen LogP contribution >= 0.6 is 15.9 Å². The van der Waals surface area contributed by atoms with E-state index < -0.39 is 10.1 Å². The summed E-state index contributed by atoms with van der Waals surface area (Å²) in [7, 11) is -3.77. The van der Waals surface area contributed by atoms with Crippen LogP contribution in [0.15, 0.2) is 0 Å². The quantitative estimate of drug-likeness (QED) is 0.330. The molecule has 0 aromatic heterocycles. The minimum atomic E-state index is -3.77. The summed E-state index contributed by atoms with van der Waals surface area (Å²) in [6.45, 7) is 1.65. The van der Waals surface area contributed by atoms with Gasteiger partial charge in [0.2, 0.25) is 0 Å². The van der Waals surface area contributed by atoms with Gasteiger partial charge >= 0.3 is 29.6 Å². The van der Waals surface area contributed by atoms with Crippen LogP contribution < -0.4 is 29.6 Å². The molecule has 0 spiro atoms. The average Bonchev–Trinajstić information content (AvgIpc) is 1.21. The second-order valence-corrected chi connectivity index (χ2v) is 4.59. The van der Waals surface area contributed by atoms with Gasteiger partial charge in [0.1, 0.15) is 0 Å². The normalized spacial score (nSPS) is 14.1. The molecule has 0 aliphatic heterocycles. The summed E-state index contributed by atoms with van der Waals surface area (Å²) in [6.07, 6.45) is 0. The number of halogens is 1. The second kappa shape index (κ2) is 5.09. The van der Waals surface area contributed by atoms with Crippen molar-refractivity contribution in [1.29, 1.82) is 0 Å². The maximum Gasteiger partial charge on any atom is 1.00 e. The summed E-state index contributed by atoms with van der Waals surface area (Å²) < 4.78 is 28.1. The molecule has 0 amide bonds. The van der Waals surface area contributed by atoms with Gasteiger partial charge in [-0.2, -0.15) is 8.42 Å². The maximum absolute atomic E-state index is 9.97. The first-order valence-corrected chi connectivity index (χ1v) is 4.53. The third-order valence-corrected chi connectivity index (χ3v) is 2.11. The molecule has 1 atom stereocenters. The molecular weight excluding hydrogens is 219 g/mol. The Kier molecular flexibility index (Phi) is 7.37. The van der Waals surface area contributed by atoms with E-state index in [4.69, 9.17) is 4.55 Å². The zero-order valence-electron chi connectivity index (χ0n) is 6.33. The van der Waals surface area contributed by atoms with E-state index in [2.05, 4.69) is 15.9 Å². The number of hydrogen-bond donors (Lipinski definition) is 1. The van der Waals surface area contributed by atoms with Gasteiger partial charge in [0, 0.05) is 4.83 Å². The molecule has 0 aliphatic carbocycles. The predicted octanol–water partition coefficient (Wildman–Crippen LogP) is -2.23. The first-order valence-electron chi connectivity index (χ1n) is 2.01. The Hall–Kier alpha value is 1.39. The molecule has 0 saturated heterocycles. The van der Waals surface area contributed by atoms with Gasteiger partial charge in [-0.3, -0.25) is 4.55 Å². The van der Waals surface area contributed by atoms with Crippen LogP contribution in [0, 0.1) is 0 Å². The molecule has 0 bridgehead atoms. The monoisotopic (exact) mass is 226 g/mol. The first-order chi connectivity index (χ1) is 3.42. The van der Waals surface area contributed by atoms with Crippen LogP contribution in [0.25, 0.3) is 0 Å². The molecule has 0 saturated carbocycles. The topological polar surface area (TPSA) is 54.4 Å². The summed E-state index contributed by atoms with van der Waals surface area (Å²) >= 11 is 2.97. The van der Waals surface area contributed by atoms with Crippen molar-refractivity contribution in [3.8, 4) is 0 Å². The summed E-state index contributed by atoms with van der Waals surface area (Å²) in [6, 6.07) is 0. The molecule has 0 aliphatic rings. The number of alkyl halides is 1. The Morgan fingerprint density at radius 1 is 1.78 bits per heavy atom. The smallest absolute Gasteiger partial charge is 1.00 e. The van der Waals surface area contributed by atoms with Gasteiger partial charge in [0.15, 0.2) is 0 Å². The fraction of sp³-hybridized carbons (Fsp3) is 1.00. The van der Waals surface area contributed by atoms with E-state index in [1.165, 1.54) is 0 Å². The summed E-state index contributed by atoms with van der Waals surface area (Å²) in [5.74, 6) is -0.229. The molecule has 9 heavy (non-hydrogen) atoms. The Morgan fingerprint density at radius 2 is 2.11 bits per heavy atom. The average molecular weight is 227 g/mol. The predicted molar refractivity (Wildman–Crippen MR) is 35.9 cm³/mol. The van der Waals surface area contributed by atoms with E-state index in [1.807, 2.05) is 0 Å². The molecule has 0 rings (SSSR count). The third-order valence-electron chi connectivity index (χ3n) is 0.440. The standard InChI is InChI=1S/C3H7BrO3S.Na.H/c1-3(4)2-8(5,6)7;;/h3H,2H2,1H3,(H,5,6,7);;/q;+1;-1. The van der Waals surface area contributed by atoms with Crippen LogP contribution in [-0.2, 0) is 10.1 Å². The van der Waals surface area contributed by atoms with Gasteiger partial charge in [-0.15, -0.1) is 0 Å². The number of rotatable bonds is 2. The van der Waals surface area contributed by atoms with Crippen molar-refractivity contribution in [2.45, 2.75) is 11.8 Å². The van der Waals surface area contributed by atoms with Crippen molar-refractivity contribution in [3.05, 3.63) is 0 Å². The van der Waals surface area contributed by atoms with Gasteiger partial charge in [-0.1, -0.05) is 22.9 Å². The fourth-order valence-electron chi connectivity index (χ4n) is 0.290. The minimum absolute atomic E-state index is 0. The zero-order valence-corrected chi connectivity index (χ0v) is 9.74. The van der Waals surface area contributed by atoms with Crippen LogP contribution in [0.5, 0.6) is 0 Å². The molecule has 1 N–H and O–H groups in total. The van der Waals surface area contributed by atoms with Crippen molar-refractivity contribution in [1.82, 2.24) is 0 Å². The van der Waals surface area contributed by atoms with Gasteiger partial charge in [-0.05, 0) is 0 Å². The van der Waals surface area contributed by atoms with E-state index in [9.17, 15) is 8.42 Å². The summed E-state index contributed by atoms with van der Waals surface area (Å²) in [5.41, 5.74) is 0. The molecule has 0 aromatic carbocycles. The Labute approximate surface area is 86.9 Å². The van der Waals surface area contributed by atoms with Gasteiger partial charge in [-0.25, -0.2) is 0 Å². The van der Waals surface area contributed by atoms with E-state index >= 15 is 0 Å². The fourth-order valence-corrected chi connectivity index (χ4v) is 1.87. The van der Waals surface area contributed by atoms with Crippen molar-refractivity contribution < 1.29 is 44.0 Å². The maximum atomic E-state index is 9.97. The molecule has 6 heteroatoms. The van der Waals surface area contributed by atoms with Crippen LogP contribution in [0.2, 0.25) is 0 Å². The molecule has 0 radical (unpaired) electrons. The van der Waals surface area contributed by atoms with Crippen molar-refractivity contribution in [2.24, 2.45) is 0 Å². The Bertz CT molecular complexity index is 157. The van der Waals surface area contributed by atoms with Gasteiger partial charge in [0.25, 0.3) is 10.1 Å². The molecule has 1 unspecified atom stereocenters. The van der Waals surface area contributed by atoms with Crippen molar-refractivity contribution in [3.63, 3.8) is 0 Å². The van der Waals surface area contributed by atoms with Crippen LogP contribution in [0.4, 0.5) is 0 Å². The summed E-state index contributed by atoms with van der Waals surface area (Å²) in [4.78, 5) is -0.183. The molecule has 0 fully saturated rings. The van der Waals surface area contributed by atoms with E-state index in [0.29, 0.717) is 0 Å². The second-order valence-electron chi connectivity index (χ2n) is 1.53. The Morgan fingerprint density at radius 3 is 2.11 bits per heavy atom. The van der Waals surface area contributed by atoms with Crippen LogP contribution in [-0.4, -0.2) is 23.6 Å². The Balaban J connectivity index is -0.000000245. The van der Waals surface area contributed by atoms with Gasteiger partial charge < -0.3 is 1.43 Å². The van der Waals surface area contributed by atoms with E-state index in [1.54, 1.807) is 6.92 Å². The molecule has 52 valence electrons. The van der Waals surface area contributed by atoms with E-state index in [0.717, 1.165) is 0 Å². The zero-order chi connectivity index (χ0) is 6.78. The van der Waals surface area contributed by atoms with Crippen LogP contribution in [0.3, 0.4) is 0 Å². The number of hydrogen-bond acceptors (Lipinski definition) is 2. The minimum Gasteiger partial charge on any atom is -1.00 e. The third kappa shape index (κ3) is 12.6. The summed E-state index contributed by atoms with van der Waals surface area (Å²) in [5, 5.41) is 0. The van der Waals surface area contributed by atoms with E-state index in [-0.39, 0.29) is 41.6 Å². The molecular formula is C3H8BrNaO3S. The van der Waals surface area contributed by atoms with Crippen molar-refractivity contribution in [2.75, 3.05) is 5.75 Å². The van der Waals surface area contributed by atoms with Gasteiger partial charge in [0.05, 0.1) is 5.75 Å². The molecule has 0 heterocycles. The largest absolute Gasteiger partial charge is 1.00 e. The van der Waals surface area contributed by atoms with Crippen LogP contribution in [0.1, 0.15) is 8.35 Å². The molecule has 0 aromatic rings. The molecule has 3 nitrogen and oxygen atoms in total. The SMILES string of the molecule is CC(Br)CS(=O)(=O)O.[H-].[Na+].